The average molecular weight is 504 g/mol. The van der Waals surface area contributed by atoms with Gasteiger partial charge < -0.3 is 72.5 Å². The summed E-state index contributed by atoms with van der Waals surface area (Å²) in [6, 6.07) is -3.41. The highest BCUT2D eigenvalue weighted by molar-refractivity contribution is 5.01. The summed E-state index contributed by atoms with van der Waals surface area (Å²) < 4.78 is 48.0. The van der Waals surface area contributed by atoms with Gasteiger partial charge in [-0.05, 0) is 6.42 Å². The van der Waals surface area contributed by atoms with Gasteiger partial charge in [-0.25, -0.2) is 8.78 Å². The summed E-state index contributed by atoms with van der Waals surface area (Å²) in [6.45, 7) is -0.213. The molecule has 0 aromatic carbocycles. The van der Waals surface area contributed by atoms with E-state index in [0.29, 0.717) is 0 Å². The van der Waals surface area contributed by atoms with Crippen molar-refractivity contribution >= 4 is 0 Å². The predicted molar refractivity (Wildman–Crippen MR) is 107 cm³/mol. The maximum absolute atomic E-state index is 13.2. The van der Waals surface area contributed by atoms with Crippen LogP contribution >= 0.6 is 0 Å². The number of hydrogen-bond donors (Lipinski definition) is 10. The van der Waals surface area contributed by atoms with E-state index < -0.39 is 98.2 Å². The first-order valence-corrected chi connectivity index (χ1v) is 10.8. The second-order valence-electron chi connectivity index (χ2n) is 8.87. The third-order valence-corrected chi connectivity index (χ3v) is 6.49. The quantitative estimate of drug-likeness (QED) is 0.161. The van der Waals surface area contributed by atoms with Gasteiger partial charge in [-0.1, -0.05) is 0 Å². The van der Waals surface area contributed by atoms with Crippen LogP contribution in [0.15, 0.2) is 0 Å². The molecule has 2 heterocycles. The SMILES string of the molecule is NC[C@H]1O[C@@H](O[C@H]2[C@H](O)[C@@H](O[C@H]3O[C@H](C(F)F)[C@@H](O)[C@H](N)[C@H]3O)[C@H](N)C[C@@H]2N)[C@H](O)[C@@H](O)[C@@H]1O. The first kappa shape index (κ1) is 27.9. The molecule has 0 spiro atoms. The number of halogens is 2. The minimum absolute atomic E-state index is 0.0174. The molecule has 0 radical (unpaired) electrons. The Labute approximate surface area is 193 Å². The van der Waals surface area contributed by atoms with Crippen molar-refractivity contribution in [1.82, 2.24) is 0 Å². The van der Waals surface area contributed by atoms with Gasteiger partial charge in [-0.2, -0.15) is 0 Å². The average Bonchev–Trinajstić information content (AvgIpc) is 2.78. The van der Waals surface area contributed by atoms with Crippen LogP contribution in [0.5, 0.6) is 0 Å². The first-order valence-electron chi connectivity index (χ1n) is 10.8. The molecule has 14 nitrogen and oxygen atoms in total. The lowest BCUT2D eigenvalue weighted by molar-refractivity contribution is -0.335. The molecule has 1 saturated carbocycles. The second kappa shape index (κ2) is 11.1. The summed E-state index contributed by atoms with van der Waals surface area (Å²) in [5.41, 5.74) is 23.2. The Morgan fingerprint density at radius 1 is 0.735 bits per heavy atom. The van der Waals surface area contributed by atoms with Crippen molar-refractivity contribution in [2.75, 3.05) is 6.54 Å². The molecule has 0 bridgehead atoms. The van der Waals surface area contributed by atoms with Crippen LogP contribution in [-0.4, -0.2) is 135 Å². The second-order valence-corrected chi connectivity index (χ2v) is 8.87. The molecular formula is C18H34F2N4O10. The van der Waals surface area contributed by atoms with Crippen LogP contribution in [0.3, 0.4) is 0 Å². The molecule has 3 aliphatic rings. The molecule has 3 rings (SSSR count). The number of rotatable bonds is 6. The van der Waals surface area contributed by atoms with Crippen LogP contribution in [0.4, 0.5) is 8.78 Å². The summed E-state index contributed by atoms with van der Waals surface area (Å²) in [6.07, 6.45) is -22.4. The third-order valence-electron chi connectivity index (χ3n) is 6.49. The van der Waals surface area contributed by atoms with Crippen LogP contribution in [0, 0.1) is 0 Å². The molecule has 2 saturated heterocycles. The van der Waals surface area contributed by atoms with E-state index in [1.807, 2.05) is 0 Å². The van der Waals surface area contributed by atoms with E-state index in [2.05, 4.69) is 0 Å². The van der Waals surface area contributed by atoms with E-state index in [0.717, 1.165) is 0 Å². The maximum Gasteiger partial charge on any atom is 0.267 e. The first-order chi connectivity index (χ1) is 15.9. The van der Waals surface area contributed by atoms with Crippen molar-refractivity contribution in [3.63, 3.8) is 0 Å². The van der Waals surface area contributed by atoms with Crippen molar-refractivity contribution in [3.8, 4) is 0 Å². The van der Waals surface area contributed by atoms with E-state index in [-0.39, 0.29) is 13.0 Å². The summed E-state index contributed by atoms with van der Waals surface area (Å²) in [4.78, 5) is 0. The molecular weight excluding hydrogens is 470 g/mol. The molecule has 1 aliphatic carbocycles. The Kier molecular flexibility index (Phi) is 9.13. The lowest BCUT2D eigenvalue weighted by Gasteiger charge is -2.48. The lowest BCUT2D eigenvalue weighted by atomic mass is 9.84. The molecule has 0 unspecified atom stereocenters. The molecule has 15 atom stereocenters. The van der Waals surface area contributed by atoms with E-state index >= 15 is 0 Å². The normalized spacial score (nSPS) is 52.7. The van der Waals surface area contributed by atoms with Crippen LogP contribution in [0.1, 0.15) is 6.42 Å². The van der Waals surface area contributed by atoms with Gasteiger partial charge >= 0.3 is 0 Å². The monoisotopic (exact) mass is 504 g/mol. The highest BCUT2D eigenvalue weighted by atomic mass is 19.3. The number of alkyl halides is 2. The molecule has 0 aromatic heterocycles. The zero-order valence-electron chi connectivity index (χ0n) is 18.0. The van der Waals surface area contributed by atoms with Crippen LogP contribution in [-0.2, 0) is 18.9 Å². The number of ether oxygens (including phenoxy) is 4. The van der Waals surface area contributed by atoms with Gasteiger partial charge in [-0.3, -0.25) is 0 Å². The zero-order valence-corrected chi connectivity index (χ0v) is 18.0. The largest absolute Gasteiger partial charge is 0.388 e. The van der Waals surface area contributed by atoms with Crippen molar-refractivity contribution < 1.29 is 58.4 Å². The topological polar surface area (TPSA) is 262 Å². The van der Waals surface area contributed by atoms with E-state index in [9.17, 15) is 39.4 Å². The summed E-state index contributed by atoms with van der Waals surface area (Å²) in [5, 5.41) is 61.2. The predicted octanol–water partition coefficient (Wildman–Crippen LogP) is -6.02. The summed E-state index contributed by atoms with van der Waals surface area (Å²) >= 11 is 0. The molecule has 200 valence electrons. The molecule has 34 heavy (non-hydrogen) atoms. The van der Waals surface area contributed by atoms with Gasteiger partial charge in [0.25, 0.3) is 6.43 Å². The van der Waals surface area contributed by atoms with Gasteiger partial charge in [0.2, 0.25) is 0 Å². The molecule has 2 aliphatic heterocycles. The fraction of sp³-hybridized carbons (Fsp3) is 1.00. The van der Waals surface area contributed by atoms with Gasteiger partial charge in [0, 0.05) is 18.6 Å². The van der Waals surface area contributed by atoms with Gasteiger partial charge in [0.15, 0.2) is 12.6 Å². The highest BCUT2D eigenvalue weighted by Gasteiger charge is 2.52. The number of hydrogen-bond acceptors (Lipinski definition) is 14. The van der Waals surface area contributed by atoms with Crippen molar-refractivity contribution in [3.05, 3.63) is 0 Å². The highest BCUT2D eigenvalue weighted by Crippen LogP contribution is 2.32. The van der Waals surface area contributed by atoms with Gasteiger partial charge in [-0.15, -0.1) is 0 Å². The van der Waals surface area contributed by atoms with E-state index in [1.54, 1.807) is 0 Å². The van der Waals surface area contributed by atoms with Gasteiger partial charge in [0.1, 0.15) is 61.0 Å². The maximum atomic E-state index is 13.2. The summed E-state index contributed by atoms with van der Waals surface area (Å²) in [7, 11) is 0. The Morgan fingerprint density at radius 3 is 1.76 bits per heavy atom. The molecule has 3 fully saturated rings. The van der Waals surface area contributed by atoms with E-state index in [4.69, 9.17) is 41.9 Å². The summed E-state index contributed by atoms with van der Waals surface area (Å²) in [5.74, 6) is 0. The Hall–Kier alpha value is -0.700. The van der Waals surface area contributed by atoms with Crippen molar-refractivity contribution in [2.45, 2.75) is 105 Å². The number of aliphatic hydroxyl groups excluding tert-OH is 6. The molecule has 0 aromatic rings. The fourth-order valence-electron chi connectivity index (χ4n) is 4.41. The Bertz CT molecular complexity index is 672. The lowest BCUT2D eigenvalue weighted by Crippen LogP contribution is -2.68. The van der Waals surface area contributed by atoms with Crippen LogP contribution in [0.25, 0.3) is 0 Å². The van der Waals surface area contributed by atoms with E-state index in [1.165, 1.54) is 0 Å². The fourth-order valence-corrected chi connectivity index (χ4v) is 4.41. The molecule has 0 amide bonds. The standard InChI is InChI=1S/C18H34F2N4O10/c19-16(20)15-8(26)6(24)9(27)17(34-15)32-13-3(22)1-4(23)14(12(13)30)33-18-11(29)10(28)7(25)5(2-21)31-18/h3-18,25-30H,1-2,21-24H2/t3-,4+,5-,6+,7-,8+,9-,10+,11-,12-,13+,14-,15+,17+,18+/m1/s1. The minimum Gasteiger partial charge on any atom is -0.388 e. The number of aliphatic hydroxyl groups is 6. The molecule has 16 heteroatoms. The Balaban J connectivity index is 1.73. The Morgan fingerprint density at radius 2 is 1.26 bits per heavy atom. The van der Waals surface area contributed by atoms with Crippen molar-refractivity contribution in [1.29, 1.82) is 0 Å². The van der Waals surface area contributed by atoms with Crippen LogP contribution in [0.2, 0.25) is 0 Å². The minimum atomic E-state index is -3.14. The van der Waals surface area contributed by atoms with Crippen molar-refractivity contribution in [2.24, 2.45) is 22.9 Å². The zero-order chi connectivity index (χ0) is 25.5. The number of nitrogens with two attached hydrogens (primary N) is 4. The van der Waals surface area contributed by atoms with Crippen LogP contribution < -0.4 is 22.9 Å². The molecule has 14 N–H and O–H groups in total. The third kappa shape index (κ3) is 5.35. The van der Waals surface area contributed by atoms with Gasteiger partial charge in [0.05, 0.1) is 6.04 Å². The smallest absolute Gasteiger partial charge is 0.267 e.